The predicted octanol–water partition coefficient (Wildman–Crippen LogP) is 1.30. The second-order valence-electron chi connectivity index (χ2n) is 3.22. The molecule has 2 aromatic carbocycles. The number of hydrogen-bond acceptors (Lipinski definition) is 3. The van der Waals surface area contributed by atoms with E-state index in [9.17, 15) is 0 Å². The van der Waals surface area contributed by atoms with E-state index in [0.29, 0.717) is 0 Å². The first-order chi connectivity index (χ1) is 6.84. The Bertz CT molecular complexity index is 612. The summed E-state index contributed by atoms with van der Waals surface area (Å²) < 4.78 is 0. The van der Waals surface area contributed by atoms with Gasteiger partial charge in [0.2, 0.25) is 0 Å². The van der Waals surface area contributed by atoms with Crippen molar-refractivity contribution in [2.24, 2.45) is 0 Å². The number of rotatable bonds is 0. The number of benzene rings is 2. The average Bonchev–Trinajstić information content (AvgIpc) is 2.57. The minimum Gasteiger partial charge on any atom is -0.321 e. The van der Waals surface area contributed by atoms with E-state index < -0.39 is 0 Å². The lowest BCUT2D eigenvalue weighted by atomic mass is 10.1. The molecular weight excluding hydrogens is 176 g/mol. The maximum absolute atomic E-state index is 5.61. The fraction of sp³-hybridized carbons (Fsp3) is 0. The molecule has 0 amide bonds. The molecule has 1 heterocycles. The van der Waals surface area contributed by atoms with Crippen LogP contribution in [0.1, 0.15) is 0 Å². The molecule has 0 saturated carbocycles. The Labute approximate surface area is 79.9 Å². The summed E-state index contributed by atoms with van der Waals surface area (Å²) in [7, 11) is 0. The van der Waals surface area contributed by atoms with Crippen LogP contribution in [0.2, 0.25) is 0 Å². The molecule has 2 N–H and O–H groups in total. The van der Waals surface area contributed by atoms with Crippen molar-refractivity contribution in [2.45, 2.75) is 0 Å². The minimum absolute atomic E-state index is 0.825. The van der Waals surface area contributed by atoms with Gasteiger partial charge in [0.1, 0.15) is 11.0 Å². The van der Waals surface area contributed by atoms with Crippen molar-refractivity contribution in [1.82, 2.24) is 15.1 Å². The molecule has 0 spiro atoms. The Morgan fingerprint density at radius 2 is 1.79 bits per heavy atom. The normalized spacial score (nSPS) is 11.1. The fourth-order valence-electron chi connectivity index (χ4n) is 1.62. The van der Waals surface area contributed by atoms with Crippen molar-refractivity contribution >= 4 is 21.8 Å². The van der Waals surface area contributed by atoms with Crippen LogP contribution in [0.4, 0.5) is 0 Å². The number of fused-ring (bicyclic) bond motifs is 2. The fourth-order valence-corrected chi connectivity index (χ4v) is 1.62. The zero-order valence-corrected chi connectivity index (χ0v) is 7.38. The summed E-state index contributed by atoms with van der Waals surface area (Å²) in [5.41, 5.74) is 1.68. The predicted molar refractivity (Wildman–Crippen MR) is 55.2 cm³/mol. The van der Waals surface area contributed by atoms with Crippen LogP contribution in [0.5, 0.6) is 0 Å². The van der Waals surface area contributed by atoms with Crippen molar-refractivity contribution in [3.63, 3.8) is 0 Å². The van der Waals surface area contributed by atoms with E-state index in [2.05, 4.69) is 10.3 Å². The van der Waals surface area contributed by atoms with Crippen LogP contribution in [0, 0.1) is 0 Å². The lowest BCUT2D eigenvalue weighted by molar-refractivity contribution is 0.787. The Morgan fingerprint density at radius 3 is 2.57 bits per heavy atom. The first-order valence-electron chi connectivity index (χ1n) is 4.34. The van der Waals surface area contributed by atoms with E-state index in [1.54, 1.807) is 0 Å². The second-order valence-corrected chi connectivity index (χ2v) is 3.22. The molecule has 3 rings (SSSR count). The zero-order chi connectivity index (χ0) is 9.54. The Balaban J connectivity index is 2.54. The third-order valence-electron chi connectivity index (χ3n) is 2.34. The SMILES string of the molecule is Nn1nnc2cc3ccccc3cc21. The van der Waals surface area contributed by atoms with Crippen LogP contribution in [0.25, 0.3) is 21.8 Å². The van der Waals surface area contributed by atoms with Crippen LogP contribution >= 0.6 is 0 Å². The molecule has 4 nitrogen and oxygen atoms in total. The number of aromatic nitrogens is 3. The Hall–Kier alpha value is -2.10. The summed E-state index contributed by atoms with van der Waals surface area (Å²) in [6, 6.07) is 12.1. The quantitative estimate of drug-likeness (QED) is 0.536. The minimum atomic E-state index is 0.825. The molecule has 4 heteroatoms. The van der Waals surface area contributed by atoms with E-state index in [-0.39, 0.29) is 0 Å². The summed E-state index contributed by atoms with van der Waals surface area (Å²) in [6.07, 6.45) is 0. The van der Waals surface area contributed by atoms with Gasteiger partial charge in [-0.3, -0.25) is 0 Å². The van der Waals surface area contributed by atoms with Gasteiger partial charge in [0.05, 0.1) is 0 Å². The second kappa shape index (κ2) is 2.45. The first-order valence-corrected chi connectivity index (χ1v) is 4.34. The molecule has 0 atom stereocenters. The molecule has 0 aliphatic carbocycles. The van der Waals surface area contributed by atoms with Gasteiger partial charge in [-0.05, 0) is 28.1 Å². The van der Waals surface area contributed by atoms with Crippen LogP contribution in [0.3, 0.4) is 0 Å². The highest BCUT2D eigenvalue weighted by Gasteiger charge is 2.02. The van der Waals surface area contributed by atoms with Gasteiger partial charge in [-0.25, -0.2) is 0 Å². The molecule has 0 bridgehead atoms. The Kier molecular flexibility index (Phi) is 1.28. The molecule has 1 aromatic heterocycles. The summed E-state index contributed by atoms with van der Waals surface area (Å²) >= 11 is 0. The van der Waals surface area contributed by atoms with Crippen LogP contribution in [-0.4, -0.2) is 15.1 Å². The third kappa shape index (κ3) is 0.877. The van der Waals surface area contributed by atoms with Gasteiger partial charge < -0.3 is 5.84 Å². The third-order valence-corrected chi connectivity index (χ3v) is 2.34. The lowest BCUT2D eigenvalue weighted by Gasteiger charge is -1.97. The van der Waals surface area contributed by atoms with Gasteiger partial charge in [0.15, 0.2) is 0 Å². The van der Waals surface area contributed by atoms with Crippen molar-refractivity contribution in [3.05, 3.63) is 36.4 Å². The van der Waals surface area contributed by atoms with Crippen molar-refractivity contribution in [1.29, 1.82) is 0 Å². The van der Waals surface area contributed by atoms with Gasteiger partial charge in [0, 0.05) is 0 Å². The van der Waals surface area contributed by atoms with Crippen molar-refractivity contribution in [3.8, 4) is 0 Å². The van der Waals surface area contributed by atoms with E-state index in [1.165, 1.54) is 4.79 Å². The van der Waals surface area contributed by atoms with E-state index in [0.717, 1.165) is 21.8 Å². The molecule has 0 saturated heterocycles. The largest absolute Gasteiger partial charge is 0.321 e. The first kappa shape index (κ1) is 7.32. The van der Waals surface area contributed by atoms with Crippen molar-refractivity contribution < 1.29 is 0 Å². The van der Waals surface area contributed by atoms with Gasteiger partial charge in [0.25, 0.3) is 0 Å². The smallest absolute Gasteiger partial charge is 0.116 e. The number of hydrogen-bond donors (Lipinski definition) is 1. The highest BCUT2D eigenvalue weighted by atomic mass is 15.6. The molecule has 68 valence electrons. The topological polar surface area (TPSA) is 56.7 Å². The standard InChI is InChI=1S/C10H8N4/c11-14-10-6-8-4-2-1-3-7(8)5-9(10)12-13-14/h1-6H,11H2. The molecular formula is C10H8N4. The monoisotopic (exact) mass is 184 g/mol. The molecule has 0 unspecified atom stereocenters. The average molecular weight is 184 g/mol. The van der Waals surface area contributed by atoms with Crippen LogP contribution in [0.15, 0.2) is 36.4 Å². The maximum atomic E-state index is 5.61. The molecule has 0 fully saturated rings. The molecule has 0 aliphatic rings. The van der Waals surface area contributed by atoms with E-state index in [1.807, 2.05) is 36.4 Å². The van der Waals surface area contributed by atoms with E-state index in [4.69, 9.17) is 5.84 Å². The number of nitrogen functional groups attached to an aromatic ring is 1. The molecule has 3 aromatic rings. The van der Waals surface area contributed by atoms with Crippen LogP contribution < -0.4 is 5.84 Å². The van der Waals surface area contributed by atoms with Gasteiger partial charge in [-0.15, -0.1) is 5.10 Å². The lowest BCUT2D eigenvalue weighted by Crippen LogP contribution is -2.09. The van der Waals surface area contributed by atoms with E-state index >= 15 is 0 Å². The van der Waals surface area contributed by atoms with Crippen LogP contribution in [-0.2, 0) is 0 Å². The van der Waals surface area contributed by atoms with Crippen molar-refractivity contribution in [2.75, 3.05) is 5.84 Å². The Morgan fingerprint density at radius 1 is 1.07 bits per heavy atom. The summed E-state index contributed by atoms with van der Waals surface area (Å²) in [5, 5.41) is 10.0. The highest BCUT2D eigenvalue weighted by molar-refractivity contribution is 5.94. The molecule has 0 aliphatic heterocycles. The number of nitrogens with two attached hydrogens (primary N) is 1. The van der Waals surface area contributed by atoms with Gasteiger partial charge in [-0.2, -0.15) is 4.79 Å². The maximum Gasteiger partial charge on any atom is 0.116 e. The van der Waals surface area contributed by atoms with Gasteiger partial charge >= 0.3 is 0 Å². The molecule has 14 heavy (non-hydrogen) atoms. The number of nitrogens with zero attached hydrogens (tertiary/aromatic N) is 3. The van der Waals surface area contributed by atoms with Gasteiger partial charge in [-0.1, -0.05) is 24.3 Å². The highest BCUT2D eigenvalue weighted by Crippen LogP contribution is 2.19. The summed E-state index contributed by atoms with van der Waals surface area (Å²) in [4.78, 5) is 1.29. The molecule has 0 radical (unpaired) electrons. The summed E-state index contributed by atoms with van der Waals surface area (Å²) in [6.45, 7) is 0. The zero-order valence-electron chi connectivity index (χ0n) is 7.38. The summed E-state index contributed by atoms with van der Waals surface area (Å²) in [5.74, 6) is 5.61.